The molecule has 1 saturated heterocycles. The summed E-state index contributed by atoms with van der Waals surface area (Å²) < 4.78 is 0. The van der Waals surface area contributed by atoms with Crippen molar-refractivity contribution in [1.29, 1.82) is 0 Å². The lowest BCUT2D eigenvalue weighted by atomic mass is 9.98. The van der Waals surface area contributed by atoms with Gasteiger partial charge >= 0.3 is 6.03 Å². The highest BCUT2D eigenvalue weighted by Crippen LogP contribution is 2.50. The van der Waals surface area contributed by atoms with E-state index in [1.807, 2.05) is 54.6 Å². The number of benzene rings is 2. The highest BCUT2D eigenvalue weighted by atomic mass is 35.5. The van der Waals surface area contributed by atoms with Gasteiger partial charge in [0.2, 0.25) is 11.8 Å². The lowest BCUT2D eigenvalue weighted by molar-refractivity contribution is -0.129. The highest BCUT2D eigenvalue weighted by Gasteiger charge is 2.47. The second-order valence-corrected chi connectivity index (χ2v) is 11.3. The molecule has 3 aliphatic rings. The van der Waals surface area contributed by atoms with Gasteiger partial charge in [-0.15, -0.1) is 0 Å². The van der Waals surface area contributed by atoms with Gasteiger partial charge in [0.05, 0.1) is 17.4 Å². The van der Waals surface area contributed by atoms with Crippen LogP contribution in [-0.4, -0.2) is 52.1 Å². The Labute approximate surface area is 235 Å². The zero-order valence-electron chi connectivity index (χ0n) is 21.0. The fourth-order valence-corrected chi connectivity index (χ4v) is 6.91. The number of halogens is 1. The lowest BCUT2D eigenvalue weighted by Gasteiger charge is -2.35. The van der Waals surface area contributed by atoms with Gasteiger partial charge in [-0.1, -0.05) is 54.2 Å². The molecule has 8 nitrogen and oxygen atoms in total. The second-order valence-electron chi connectivity index (χ2n) is 9.75. The van der Waals surface area contributed by atoms with Crippen molar-refractivity contribution in [3.8, 4) is 11.1 Å². The normalized spacial score (nSPS) is 21.7. The monoisotopic (exact) mass is 559 g/mol. The number of nitrogens with one attached hydrogen (secondary N) is 2. The molecule has 0 saturated carbocycles. The average Bonchev–Trinajstić information content (AvgIpc) is 3.32. The maximum Gasteiger partial charge on any atom is 0.327 e. The standard InChI is InChI=1S/C29H26ClN5O3S/c1-2-23(36)34-13-5-9-20(16-34)32-27(37)26-25-24-22(11-12-31-28(24)39-26)35(29(38)33-25)21-10-4-7-18(15-21)17-6-3-8-19(30)14-17/h2-4,6-8,10-12,14-15,20,25-26H,1,5,9,13,16H2,(H,32,37)(H,33,38)/t20?,25?,26-/m1/s1. The van der Waals surface area contributed by atoms with Crippen molar-refractivity contribution in [2.75, 3.05) is 18.0 Å². The van der Waals surface area contributed by atoms with E-state index in [9.17, 15) is 14.4 Å². The van der Waals surface area contributed by atoms with E-state index < -0.39 is 11.3 Å². The van der Waals surface area contributed by atoms with Gasteiger partial charge in [0, 0.05) is 35.9 Å². The molecule has 0 radical (unpaired) electrons. The molecular formula is C29H26ClN5O3S. The van der Waals surface area contributed by atoms with Crippen LogP contribution in [0.5, 0.6) is 0 Å². The third-order valence-electron chi connectivity index (χ3n) is 7.28. The molecule has 4 heterocycles. The number of thioether (sulfide) groups is 1. The van der Waals surface area contributed by atoms with Crippen LogP contribution in [0.25, 0.3) is 11.1 Å². The number of hydrogen-bond acceptors (Lipinski definition) is 5. The molecule has 1 aromatic heterocycles. The summed E-state index contributed by atoms with van der Waals surface area (Å²) in [7, 11) is 0. The van der Waals surface area contributed by atoms with E-state index in [1.54, 1.807) is 16.0 Å². The van der Waals surface area contributed by atoms with E-state index in [2.05, 4.69) is 22.2 Å². The first-order chi connectivity index (χ1) is 18.9. The lowest BCUT2D eigenvalue weighted by Crippen LogP contribution is -2.53. The van der Waals surface area contributed by atoms with Crippen LogP contribution in [-0.2, 0) is 9.59 Å². The van der Waals surface area contributed by atoms with E-state index in [-0.39, 0.29) is 23.9 Å². The molecule has 0 spiro atoms. The largest absolute Gasteiger partial charge is 0.351 e. The van der Waals surface area contributed by atoms with E-state index in [1.165, 1.54) is 17.8 Å². The summed E-state index contributed by atoms with van der Waals surface area (Å²) in [4.78, 5) is 46.9. The zero-order valence-corrected chi connectivity index (χ0v) is 22.5. The fourth-order valence-electron chi connectivity index (χ4n) is 5.48. The first kappa shape index (κ1) is 25.5. The molecular weight excluding hydrogens is 534 g/mol. The summed E-state index contributed by atoms with van der Waals surface area (Å²) in [5.74, 6) is -0.312. The molecule has 3 aliphatic heterocycles. The molecule has 198 valence electrons. The number of rotatable bonds is 5. The van der Waals surface area contributed by atoms with Crippen LogP contribution in [0.1, 0.15) is 24.4 Å². The van der Waals surface area contributed by atoms with Gasteiger partial charge in [0.1, 0.15) is 10.3 Å². The van der Waals surface area contributed by atoms with Gasteiger partial charge in [-0.2, -0.15) is 0 Å². The third kappa shape index (κ3) is 4.77. The van der Waals surface area contributed by atoms with Gasteiger partial charge in [-0.3, -0.25) is 14.5 Å². The molecule has 3 atom stereocenters. The topological polar surface area (TPSA) is 94.6 Å². The number of hydrogen-bond donors (Lipinski definition) is 2. The summed E-state index contributed by atoms with van der Waals surface area (Å²) in [6, 6.07) is 16.1. The first-order valence-electron chi connectivity index (χ1n) is 12.8. The van der Waals surface area contributed by atoms with Crippen LogP contribution in [0.3, 0.4) is 0 Å². The van der Waals surface area contributed by atoms with Gasteiger partial charge in [0.25, 0.3) is 0 Å². The minimum absolute atomic E-state index is 0.135. The van der Waals surface area contributed by atoms with E-state index in [0.717, 1.165) is 34.6 Å². The number of likely N-dealkylation sites (tertiary alicyclic amines) is 1. The number of carbonyl (C=O) groups excluding carboxylic acids is 3. The number of amides is 4. The van der Waals surface area contributed by atoms with E-state index in [4.69, 9.17) is 11.6 Å². The van der Waals surface area contributed by atoms with Crippen molar-refractivity contribution >= 4 is 52.6 Å². The number of anilines is 2. The predicted octanol–water partition coefficient (Wildman–Crippen LogP) is 5.07. The van der Waals surface area contributed by atoms with Crippen LogP contribution in [0.15, 0.2) is 78.5 Å². The average molecular weight is 560 g/mol. The minimum Gasteiger partial charge on any atom is -0.351 e. The molecule has 2 N–H and O–H groups in total. The first-order valence-corrected chi connectivity index (χ1v) is 14.0. The van der Waals surface area contributed by atoms with Gasteiger partial charge < -0.3 is 15.5 Å². The summed E-state index contributed by atoms with van der Waals surface area (Å²) in [5, 5.41) is 6.96. The van der Waals surface area contributed by atoms with Crippen molar-refractivity contribution < 1.29 is 14.4 Å². The van der Waals surface area contributed by atoms with Crippen molar-refractivity contribution in [3.05, 3.63) is 84.0 Å². The minimum atomic E-state index is -0.567. The van der Waals surface area contributed by atoms with Gasteiger partial charge in [0.15, 0.2) is 0 Å². The van der Waals surface area contributed by atoms with Crippen molar-refractivity contribution in [1.82, 2.24) is 20.5 Å². The van der Waals surface area contributed by atoms with E-state index in [0.29, 0.717) is 29.5 Å². The number of piperidine rings is 1. The predicted molar refractivity (Wildman–Crippen MR) is 152 cm³/mol. The van der Waals surface area contributed by atoms with Gasteiger partial charge in [-0.05, 0) is 60.4 Å². The molecule has 2 aromatic carbocycles. The molecule has 4 amide bonds. The molecule has 1 fully saturated rings. The van der Waals surface area contributed by atoms with Crippen LogP contribution in [0.4, 0.5) is 16.2 Å². The van der Waals surface area contributed by atoms with Gasteiger partial charge in [-0.25, -0.2) is 9.78 Å². The number of carbonyl (C=O) groups is 3. The Bertz CT molecular complexity index is 1500. The highest BCUT2D eigenvalue weighted by molar-refractivity contribution is 8.01. The molecule has 2 unspecified atom stereocenters. The molecule has 0 bridgehead atoms. The molecule has 6 rings (SSSR count). The summed E-state index contributed by atoms with van der Waals surface area (Å²) in [6.45, 7) is 4.66. The Balaban J connectivity index is 1.26. The Morgan fingerprint density at radius 3 is 2.74 bits per heavy atom. The summed E-state index contributed by atoms with van der Waals surface area (Å²) in [6.07, 6.45) is 4.56. The molecule has 10 heteroatoms. The Hall–Kier alpha value is -3.82. The fraction of sp³-hybridized carbons (Fsp3) is 0.241. The molecule has 0 aliphatic carbocycles. The Morgan fingerprint density at radius 1 is 1.15 bits per heavy atom. The Kier molecular flexibility index (Phi) is 6.78. The smallest absolute Gasteiger partial charge is 0.327 e. The summed E-state index contributed by atoms with van der Waals surface area (Å²) in [5.41, 5.74) is 4.12. The molecule has 39 heavy (non-hydrogen) atoms. The van der Waals surface area contributed by atoms with Crippen molar-refractivity contribution in [2.45, 2.75) is 35.2 Å². The van der Waals surface area contributed by atoms with Crippen LogP contribution < -0.4 is 15.5 Å². The van der Waals surface area contributed by atoms with E-state index >= 15 is 0 Å². The zero-order chi connectivity index (χ0) is 27.1. The number of urea groups is 1. The number of pyridine rings is 1. The molecule has 3 aromatic rings. The maximum atomic E-state index is 13.5. The van der Waals surface area contributed by atoms with Crippen LogP contribution >= 0.6 is 23.4 Å². The van der Waals surface area contributed by atoms with Crippen molar-refractivity contribution in [3.63, 3.8) is 0 Å². The number of aromatic nitrogens is 1. The Morgan fingerprint density at radius 2 is 1.95 bits per heavy atom. The van der Waals surface area contributed by atoms with Crippen LogP contribution in [0.2, 0.25) is 5.02 Å². The van der Waals surface area contributed by atoms with Crippen molar-refractivity contribution in [2.24, 2.45) is 0 Å². The quantitative estimate of drug-likeness (QED) is 0.426. The second kappa shape index (κ2) is 10.4. The summed E-state index contributed by atoms with van der Waals surface area (Å²) >= 11 is 7.56. The number of nitrogens with zero attached hydrogens (tertiary/aromatic N) is 3. The maximum absolute atomic E-state index is 13.5. The SMILES string of the molecule is C=CC(=O)N1CCCC(NC(=O)[C@@H]2Sc3nccc4c3C2NC(=O)N4c2cccc(-c3cccc(Cl)c3)c2)C1. The third-order valence-corrected chi connectivity index (χ3v) is 8.80. The van der Waals surface area contributed by atoms with Crippen LogP contribution in [0, 0.1) is 0 Å².